The Morgan fingerprint density at radius 2 is 2.09 bits per heavy atom. The molecule has 2 rings (SSSR count). The Bertz CT molecular complexity index is 759. The van der Waals surface area contributed by atoms with Crippen molar-refractivity contribution in [2.75, 3.05) is 0 Å². The summed E-state index contributed by atoms with van der Waals surface area (Å²) in [6, 6.07) is 10.2. The predicted molar refractivity (Wildman–Crippen MR) is 92.2 cm³/mol. The molecule has 0 unspecified atom stereocenters. The largest absolute Gasteiger partial charge is 0.502 e. The topological polar surface area (TPSA) is 75.7 Å². The zero-order valence-corrected chi connectivity index (χ0v) is 13.6. The van der Waals surface area contributed by atoms with Crippen LogP contribution in [-0.4, -0.2) is 16.2 Å². The maximum atomic E-state index is 10.9. The molecular weight excluding hydrogens is 316 g/mol. The van der Waals surface area contributed by atoms with Gasteiger partial charge in [0.1, 0.15) is 0 Å². The molecule has 5 nitrogen and oxygen atoms in total. The van der Waals surface area contributed by atoms with Crippen molar-refractivity contribution in [1.29, 1.82) is 0 Å². The molecule has 6 heteroatoms. The van der Waals surface area contributed by atoms with Gasteiger partial charge in [0.2, 0.25) is 5.75 Å². The van der Waals surface area contributed by atoms with E-state index in [4.69, 9.17) is 11.6 Å². The van der Waals surface area contributed by atoms with Gasteiger partial charge in [0.05, 0.1) is 10.6 Å². The van der Waals surface area contributed by atoms with E-state index in [1.807, 2.05) is 24.3 Å². The summed E-state index contributed by atoms with van der Waals surface area (Å²) in [5, 5.41) is 21.1. The smallest absolute Gasteiger partial charge is 0.312 e. The van der Waals surface area contributed by atoms with Crippen molar-refractivity contribution in [1.82, 2.24) is 0 Å². The van der Waals surface area contributed by atoms with E-state index in [2.05, 4.69) is 18.8 Å². The Balaban J connectivity index is 2.44. The van der Waals surface area contributed by atoms with Crippen molar-refractivity contribution in [3.63, 3.8) is 0 Å². The summed E-state index contributed by atoms with van der Waals surface area (Å²) in [5.41, 5.74) is 1.63. The fraction of sp³-hybridized carbons (Fsp3) is 0.235. The molecule has 0 amide bonds. The molecule has 1 atom stereocenters. The zero-order valence-electron chi connectivity index (χ0n) is 12.9. The maximum absolute atomic E-state index is 10.9. The van der Waals surface area contributed by atoms with E-state index in [9.17, 15) is 15.2 Å². The third-order valence-corrected chi connectivity index (χ3v) is 3.92. The van der Waals surface area contributed by atoms with E-state index in [0.717, 1.165) is 23.7 Å². The second-order valence-corrected chi connectivity index (χ2v) is 5.68. The summed E-state index contributed by atoms with van der Waals surface area (Å²) in [5.74, 6) is -0.102. The first kappa shape index (κ1) is 17.0. The molecule has 1 N–H and O–H groups in total. The molecule has 0 saturated carbocycles. The van der Waals surface area contributed by atoms with Crippen LogP contribution in [0.4, 0.5) is 11.4 Å². The van der Waals surface area contributed by atoms with Crippen LogP contribution in [0.1, 0.15) is 37.3 Å². The van der Waals surface area contributed by atoms with E-state index < -0.39 is 16.4 Å². The van der Waals surface area contributed by atoms with Gasteiger partial charge in [-0.15, -0.1) is 0 Å². The third kappa shape index (κ3) is 3.87. The number of nitro groups is 1. The lowest BCUT2D eigenvalue weighted by atomic mass is 9.97. The average Bonchev–Trinajstić information content (AvgIpc) is 2.54. The first-order valence-corrected chi connectivity index (χ1v) is 7.61. The van der Waals surface area contributed by atoms with Crippen LogP contribution in [0.15, 0.2) is 41.4 Å². The summed E-state index contributed by atoms with van der Waals surface area (Å²) < 4.78 is 0. The monoisotopic (exact) mass is 332 g/mol. The second-order valence-electron chi connectivity index (χ2n) is 5.25. The molecule has 2 aromatic rings. The van der Waals surface area contributed by atoms with Gasteiger partial charge in [-0.25, -0.2) is 0 Å². The van der Waals surface area contributed by atoms with Crippen LogP contribution in [0.5, 0.6) is 5.75 Å². The van der Waals surface area contributed by atoms with Crippen molar-refractivity contribution in [3.8, 4) is 5.75 Å². The number of aromatic hydroxyl groups is 1. The van der Waals surface area contributed by atoms with Crippen LogP contribution < -0.4 is 0 Å². The van der Waals surface area contributed by atoms with Crippen LogP contribution in [0, 0.1) is 10.1 Å². The summed E-state index contributed by atoms with van der Waals surface area (Å²) >= 11 is 5.87. The van der Waals surface area contributed by atoms with Gasteiger partial charge in [-0.3, -0.25) is 15.1 Å². The minimum Gasteiger partial charge on any atom is -0.502 e. The minimum absolute atomic E-state index is 0.172. The Hall–Kier alpha value is -2.40. The number of nitro benzene ring substituents is 1. The van der Waals surface area contributed by atoms with Gasteiger partial charge < -0.3 is 5.11 Å². The Morgan fingerprint density at radius 1 is 1.39 bits per heavy atom. The number of nitrogens with zero attached hydrogens (tertiary/aromatic N) is 2. The number of benzene rings is 2. The summed E-state index contributed by atoms with van der Waals surface area (Å²) in [6.07, 6.45) is 2.37. The third-order valence-electron chi connectivity index (χ3n) is 3.70. The van der Waals surface area contributed by atoms with E-state index in [0.29, 0.717) is 5.92 Å². The average molecular weight is 333 g/mol. The first-order valence-electron chi connectivity index (χ1n) is 7.24. The Kier molecular flexibility index (Phi) is 5.34. The van der Waals surface area contributed by atoms with Crippen LogP contribution >= 0.6 is 11.6 Å². The number of rotatable bonds is 5. The molecule has 0 heterocycles. The van der Waals surface area contributed by atoms with Crippen LogP contribution in [0.3, 0.4) is 0 Å². The number of hydrogen-bond donors (Lipinski definition) is 1. The zero-order chi connectivity index (χ0) is 17.0. The molecule has 0 aliphatic rings. The first-order chi connectivity index (χ1) is 10.9. The molecule has 0 aliphatic heterocycles. The number of phenolic OH excluding ortho intramolecular Hbond substituents is 1. The van der Waals surface area contributed by atoms with Crippen molar-refractivity contribution in [3.05, 3.63) is 62.7 Å². The molecule has 23 heavy (non-hydrogen) atoms. The summed E-state index contributed by atoms with van der Waals surface area (Å²) in [4.78, 5) is 14.6. The van der Waals surface area contributed by atoms with Gasteiger partial charge >= 0.3 is 5.69 Å². The van der Waals surface area contributed by atoms with E-state index in [1.54, 1.807) is 0 Å². The normalized spacial score (nSPS) is 12.5. The summed E-state index contributed by atoms with van der Waals surface area (Å²) in [6.45, 7) is 4.20. The van der Waals surface area contributed by atoms with Gasteiger partial charge in [0.15, 0.2) is 0 Å². The second kappa shape index (κ2) is 7.24. The molecule has 0 saturated heterocycles. The Morgan fingerprint density at radius 3 is 2.74 bits per heavy atom. The van der Waals surface area contributed by atoms with Gasteiger partial charge in [-0.05, 0) is 30.0 Å². The highest BCUT2D eigenvalue weighted by atomic mass is 35.5. The van der Waals surface area contributed by atoms with E-state index >= 15 is 0 Å². The van der Waals surface area contributed by atoms with Crippen molar-refractivity contribution in [2.24, 2.45) is 4.99 Å². The van der Waals surface area contributed by atoms with E-state index in [-0.39, 0.29) is 10.6 Å². The Labute approximate surface area is 139 Å². The number of aliphatic imine (C=N–C) groups is 1. The summed E-state index contributed by atoms with van der Waals surface area (Å²) in [7, 11) is 0. The molecule has 0 radical (unpaired) electrons. The molecule has 0 aliphatic carbocycles. The lowest BCUT2D eigenvalue weighted by molar-refractivity contribution is -0.385. The fourth-order valence-corrected chi connectivity index (χ4v) is 2.44. The molecule has 0 aromatic heterocycles. The van der Waals surface area contributed by atoms with Gasteiger partial charge in [0, 0.05) is 22.9 Å². The van der Waals surface area contributed by atoms with Gasteiger partial charge in [-0.2, -0.15) is 0 Å². The van der Waals surface area contributed by atoms with Crippen molar-refractivity contribution >= 4 is 29.2 Å². The fourth-order valence-electron chi connectivity index (χ4n) is 2.22. The lowest BCUT2D eigenvalue weighted by Crippen LogP contribution is -1.94. The van der Waals surface area contributed by atoms with Crippen LogP contribution in [0.25, 0.3) is 0 Å². The SMILES string of the molecule is CC[C@@H](C)c1ccccc1N=Cc1cc(Cl)cc([N+](=O)[O-])c1O. The minimum atomic E-state index is -0.675. The van der Waals surface area contributed by atoms with Gasteiger partial charge in [-0.1, -0.05) is 43.6 Å². The van der Waals surface area contributed by atoms with Crippen molar-refractivity contribution < 1.29 is 10.0 Å². The quantitative estimate of drug-likeness (QED) is 0.463. The lowest BCUT2D eigenvalue weighted by Gasteiger charge is -2.11. The van der Waals surface area contributed by atoms with Crippen LogP contribution in [-0.2, 0) is 0 Å². The number of halogens is 1. The number of hydrogen-bond acceptors (Lipinski definition) is 4. The molecule has 0 fully saturated rings. The highest BCUT2D eigenvalue weighted by molar-refractivity contribution is 6.31. The molecule has 0 spiro atoms. The highest BCUT2D eigenvalue weighted by Gasteiger charge is 2.18. The molecule has 120 valence electrons. The number of para-hydroxylation sites is 1. The van der Waals surface area contributed by atoms with Crippen molar-refractivity contribution in [2.45, 2.75) is 26.2 Å². The highest BCUT2D eigenvalue weighted by Crippen LogP contribution is 2.33. The van der Waals surface area contributed by atoms with Gasteiger partial charge in [0.25, 0.3) is 0 Å². The standard InChI is InChI=1S/C17H17ClN2O3/c1-3-11(2)14-6-4-5-7-15(14)19-10-12-8-13(18)9-16(17(12)21)20(22)23/h4-11,21H,3H2,1-2H3/t11-/m1/s1. The van der Waals surface area contributed by atoms with E-state index in [1.165, 1.54) is 12.3 Å². The predicted octanol–water partition coefficient (Wildman–Crippen LogP) is 5.22. The van der Waals surface area contributed by atoms with Crippen LogP contribution in [0.2, 0.25) is 5.02 Å². The maximum Gasteiger partial charge on any atom is 0.312 e. The number of phenols is 1. The molecule has 2 aromatic carbocycles. The molecular formula is C17H17ClN2O3. The molecule has 0 bridgehead atoms.